The second kappa shape index (κ2) is 5.49. The van der Waals surface area contributed by atoms with Crippen molar-refractivity contribution in [3.63, 3.8) is 0 Å². The zero-order chi connectivity index (χ0) is 13.3. The average Bonchev–Trinajstić information content (AvgIpc) is 2.77. The lowest BCUT2D eigenvalue weighted by Gasteiger charge is -2.15. The predicted octanol–water partition coefficient (Wildman–Crippen LogP) is 5.15. The molecular formula is C14H14Br2O2. The first-order chi connectivity index (χ1) is 8.54. The molecule has 1 heterocycles. The first-order valence-electron chi connectivity index (χ1n) is 5.56. The first kappa shape index (κ1) is 13.7. The zero-order valence-corrected chi connectivity index (χ0v) is 13.6. The summed E-state index contributed by atoms with van der Waals surface area (Å²) in [6.45, 7) is 4.00. The SMILES string of the molecule is COc1cc(C)c(Br)cc1C(Br)c1ccoc1C. The van der Waals surface area contributed by atoms with Gasteiger partial charge < -0.3 is 9.15 Å². The minimum Gasteiger partial charge on any atom is -0.496 e. The molecule has 0 saturated carbocycles. The van der Waals surface area contributed by atoms with Crippen molar-refractivity contribution in [3.8, 4) is 5.75 Å². The van der Waals surface area contributed by atoms with Crippen LogP contribution >= 0.6 is 31.9 Å². The van der Waals surface area contributed by atoms with Gasteiger partial charge in [0.1, 0.15) is 11.5 Å². The van der Waals surface area contributed by atoms with Gasteiger partial charge in [-0.25, -0.2) is 0 Å². The Hall–Kier alpha value is -0.740. The molecule has 1 unspecified atom stereocenters. The summed E-state index contributed by atoms with van der Waals surface area (Å²) in [5.74, 6) is 1.79. The molecule has 1 aromatic heterocycles. The second-order valence-corrected chi connectivity index (χ2v) is 5.91. The van der Waals surface area contributed by atoms with E-state index in [1.807, 2.05) is 26.0 Å². The van der Waals surface area contributed by atoms with E-state index in [0.29, 0.717) is 0 Å². The number of aryl methyl sites for hydroxylation is 2. The summed E-state index contributed by atoms with van der Waals surface area (Å²) in [4.78, 5) is 0.0584. The van der Waals surface area contributed by atoms with Gasteiger partial charge in [-0.15, -0.1) is 0 Å². The molecule has 1 atom stereocenters. The second-order valence-electron chi connectivity index (χ2n) is 4.14. The molecule has 0 aliphatic carbocycles. The standard InChI is InChI=1S/C14H14Br2O2/c1-8-6-13(17-3)11(7-12(8)15)14(16)10-4-5-18-9(10)2/h4-7,14H,1-3H3. The van der Waals surface area contributed by atoms with Gasteiger partial charge >= 0.3 is 0 Å². The molecule has 2 rings (SSSR count). The van der Waals surface area contributed by atoms with Crippen molar-refractivity contribution in [1.82, 2.24) is 0 Å². The minimum absolute atomic E-state index is 0.0584. The van der Waals surface area contributed by atoms with E-state index in [0.717, 1.165) is 32.7 Å². The summed E-state index contributed by atoms with van der Waals surface area (Å²) >= 11 is 7.27. The van der Waals surface area contributed by atoms with Gasteiger partial charge in [0.05, 0.1) is 18.2 Å². The maximum atomic E-state index is 5.46. The van der Waals surface area contributed by atoms with E-state index in [2.05, 4.69) is 37.9 Å². The largest absolute Gasteiger partial charge is 0.496 e. The van der Waals surface area contributed by atoms with Crippen LogP contribution in [0.15, 0.2) is 33.4 Å². The number of methoxy groups -OCH3 is 1. The van der Waals surface area contributed by atoms with Crippen LogP contribution in [0.1, 0.15) is 27.3 Å². The minimum atomic E-state index is 0.0584. The van der Waals surface area contributed by atoms with Gasteiger partial charge in [0.25, 0.3) is 0 Å². The number of alkyl halides is 1. The van der Waals surface area contributed by atoms with Crippen molar-refractivity contribution >= 4 is 31.9 Å². The van der Waals surface area contributed by atoms with Crippen LogP contribution in [0.2, 0.25) is 0 Å². The molecule has 0 radical (unpaired) electrons. The van der Waals surface area contributed by atoms with Crippen LogP contribution in [0.4, 0.5) is 0 Å². The number of furan rings is 1. The molecular weight excluding hydrogens is 360 g/mol. The number of halogens is 2. The van der Waals surface area contributed by atoms with Gasteiger partial charge in [0, 0.05) is 15.6 Å². The van der Waals surface area contributed by atoms with Gasteiger partial charge in [-0.2, -0.15) is 0 Å². The van der Waals surface area contributed by atoms with Crippen molar-refractivity contribution in [1.29, 1.82) is 0 Å². The summed E-state index contributed by atoms with van der Waals surface area (Å²) in [7, 11) is 1.69. The van der Waals surface area contributed by atoms with Crippen LogP contribution in [0.3, 0.4) is 0 Å². The zero-order valence-electron chi connectivity index (χ0n) is 10.5. The Balaban J connectivity index is 2.50. The molecule has 96 valence electrons. The topological polar surface area (TPSA) is 22.4 Å². The van der Waals surface area contributed by atoms with E-state index in [-0.39, 0.29) is 4.83 Å². The normalized spacial score (nSPS) is 12.5. The lowest BCUT2D eigenvalue weighted by atomic mass is 10.0. The van der Waals surface area contributed by atoms with Gasteiger partial charge in [-0.1, -0.05) is 31.9 Å². The van der Waals surface area contributed by atoms with Gasteiger partial charge in [0.15, 0.2) is 0 Å². The van der Waals surface area contributed by atoms with E-state index < -0.39 is 0 Å². The van der Waals surface area contributed by atoms with Crippen LogP contribution < -0.4 is 4.74 Å². The maximum absolute atomic E-state index is 5.46. The van der Waals surface area contributed by atoms with E-state index in [1.165, 1.54) is 0 Å². The molecule has 0 bridgehead atoms. The number of ether oxygens (including phenoxy) is 1. The van der Waals surface area contributed by atoms with Crippen molar-refractivity contribution in [2.24, 2.45) is 0 Å². The molecule has 0 spiro atoms. The van der Waals surface area contributed by atoms with Crippen molar-refractivity contribution in [2.75, 3.05) is 7.11 Å². The highest BCUT2D eigenvalue weighted by atomic mass is 79.9. The Morgan fingerprint density at radius 2 is 1.94 bits per heavy atom. The highest BCUT2D eigenvalue weighted by Crippen LogP contribution is 2.40. The molecule has 4 heteroatoms. The summed E-state index contributed by atoms with van der Waals surface area (Å²) in [6, 6.07) is 6.09. The lowest BCUT2D eigenvalue weighted by molar-refractivity contribution is 0.410. The number of rotatable bonds is 3. The molecule has 0 aliphatic rings. The van der Waals surface area contributed by atoms with E-state index in [9.17, 15) is 0 Å². The Morgan fingerprint density at radius 3 is 2.50 bits per heavy atom. The fourth-order valence-electron chi connectivity index (χ4n) is 1.87. The van der Waals surface area contributed by atoms with E-state index >= 15 is 0 Å². The summed E-state index contributed by atoms with van der Waals surface area (Å²) in [5, 5.41) is 0. The Bertz CT molecular complexity index is 561. The molecule has 2 nitrogen and oxygen atoms in total. The van der Waals surface area contributed by atoms with Crippen LogP contribution in [0.25, 0.3) is 0 Å². The molecule has 0 saturated heterocycles. The predicted molar refractivity (Wildman–Crippen MR) is 79.6 cm³/mol. The number of hydrogen-bond donors (Lipinski definition) is 0. The van der Waals surface area contributed by atoms with Crippen LogP contribution in [-0.2, 0) is 0 Å². The Morgan fingerprint density at radius 1 is 1.22 bits per heavy atom. The summed E-state index contributed by atoms with van der Waals surface area (Å²) in [6.07, 6.45) is 1.70. The summed E-state index contributed by atoms with van der Waals surface area (Å²) in [5.41, 5.74) is 3.35. The van der Waals surface area contributed by atoms with Crippen LogP contribution in [0, 0.1) is 13.8 Å². The van der Waals surface area contributed by atoms with Crippen LogP contribution in [-0.4, -0.2) is 7.11 Å². The molecule has 0 aliphatic heterocycles. The highest BCUT2D eigenvalue weighted by molar-refractivity contribution is 9.10. The van der Waals surface area contributed by atoms with Crippen LogP contribution in [0.5, 0.6) is 5.75 Å². The average molecular weight is 374 g/mol. The van der Waals surface area contributed by atoms with Crippen molar-refractivity contribution < 1.29 is 9.15 Å². The molecule has 0 amide bonds. The van der Waals surface area contributed by atoms with E-state index in [4.69, 9.17) is 9.15 Å². The Labute approximate surface area is 124 Å². The van der Waals surface area contributed by atoms with Gasteiger partial charge in [0.2, 0.25) is 0 Å². The monoisotopic (exact) mass is 372 g/mol. The molecule has 1 aromatic carbocycles. The lowest BCUT2D eigenvalue weighted by Crippen LogP contribution is -1.98. The number of hydrogen-bond acceptors (Lipinski definition) is 2. The molecule has 2 aromatic rings. The Kier molecular flexibility index (Phi) is 4.17. The molecule has 0 N–H and O–H groups in total. The third-order valence-corrected chi connectivity index (χ3v) is 4.80. The summed E-state index contributed by atoms with van der Waals surface area (Å²) < 4.78 is 11.9. The highest BCUT2D eigenvalue weighted by Gasteiger charge is 2.19. The molecule has 18 heavy (non-hydrogen) atoms. The fourth-order valence-corrected chi connectivity index (χ4v) is 3.06. The van der Waals surface area contributed by atoms with Crippen molar-refractivity contribution in [2.45, 2.75) is 18.7 Å². The third kappa shape index (κ3) is 2.50. The first-order valence-corrected chi connectivity index (χ1v) is 7.27. The number of benzene rings is 1. The molecule has 0 fully saturated rings. The third-order valence-electron chi connectivity index (χ3n) is 2.96. The smallest absolute Gasteiger partial charge is 0.123 e. The van der Waals surface area contributed by atoms with Gasteiger partial charge in [-0.05, 0) is 37.6 Å². The van der Waals surface area contributed by atoms with Crippen molar-refractivity contribution in [3.05, 3.63) is 51.4 Å². The quantitative estimate of drug-likeness (QED) is 0.694. The maximum Gasteiger partial charge on any atom is 0.123 e. The van der Waals surface area contributed by atoms with E-state index in [1.54, 1.807) is 13.4 Å². The van der Waals surface area contributed by atoms with Gasteiger partial charge in [-0.3, -0.25) is 0 Å². The fraction of sp³-hybridized carbons (Fsp3) is 0.286.